The lowest BCUT2D eigenvalue weighted by molar-refractivity contribution is 0.0766. The molecule has 2 heterocycles. The molecule has 1 aromatic rings. The monoisotopic (exact) mass is 310 g/mol. The van der Waals surface area contributed by atoms with Gasteiger partial charge in [0.05, 0.1) is 16.8 Å². The quantitative estimate of drug-likeness (QED) is 0.806. The summed E-state index contributed by atoms with van der Waals surface area (Å²) in [6, 6.07) is 0. The van der Waals surface area contributed by atoms with E-state index in [4.69, 9.17) is 4.74 Å². The van der Waals surface area contributed by atoms with E-state index >= 15 is 0 Å². The van der Waals surface area contributed by atoms with Crippen molar-refractivity contribution in [1.82, 2.24) is 9.88 Å². The molecule has 0 aliphatic carbocycles. The number of ether oxygens (including phenoxy) is 1. The van der Waals surface area contributed by atoms with Crippen LogP contribution in [0.3, 0.4) is 0 Å². The van der Waals surface area contributed by atoms with E-state index in [0.29, 0.717) is 12.0 Å². The minimum absolute atomic E-state index is 0.101. The van der Waals surface area contributed by atoms with Crippen LogP contribution in [0, 0.1) is 6.92 Å². The molecule has 0 N–H and O–H groups in total. The average Bonchev–Trinajstić information content (AvgIpc) is 3.07. The Morgan fingerprint density at radius 3 is 2.86 bits per heavy atom. The van der Waals surface area contributed by atoms with Gasteiger partial charge in [0.15, 0.2) is 0 Å². The van der Waals surface area contributed by atoms with Crippen LogP contribution in [-0.4, -0.2) is 42.1 Å². The molecule has 1 aromatic heterocycles. The van der Waals surface area contributed by atoms with E-state index in [9.17, 15) is 4.79 Å². The summed E-state index contributed by atoms with van der Waals surface area (Å²) < 4.78 is 5.62. The lowest BCUT2D eigenvalue weighted by Crippen LogP contribution is -2.28. The van der Waals surface area contributed by atoms with Crippen molar-refractivity contribution in [2.24, 2.45) is 0 Å². The second kappa shape index (κ2) is 7.36. The molecule has 1 amide bonds. The average molecular weight is 310 g/mol. The van der Waals surface area contributed by atoms with Crippen LogP contribution in [0.25, 0.3) is 0 Å². The van der Waals surface area contributed by atoms with E-state index in [1.807, 2.05) is 18.9 Å². The van der Waals surface area contributed by atoms with Crippen LogP contribution in [0.1, 0.15) is 65.8 Å². The molecule has 0 saturated carbocycles. The molecule has 0 aromatic carbocycles. The first kappa shape index (κ1) is 16.4. The maximum Gasteiger partial charge on any atom is 0.265 e. The molecule has 1 atom stereocenters. The number of hydrogen-bond donors (Lipinski definition) is 0. The van der Waals surface area contributed by atoms with Gasteiger partial charge in [-0.3, -0.25) is 4.79 Å². The third kappa shape index (κ3) is 4.27. The van der Waals surface area contributed by atoms with Crippen LogP contribution in [0.15, 0.2) is 0 Å². The van der Waals surface area contributed by atoms with Crippen molar-refractivity contribution < 1.29 is 9.53 Å². The maximum atomic E-state index is 12.5. The fourth-order valence-corrected chi connectivity index (χ4v) is 3.63. The summed E-state index contributed by atoms with van der Waals surface area (Å²) in [6.45, 7) is 7.83. The molecule has 1 aliphatic heterocycles. The third-order valence-corrected chi connectivity index (χ3v) is 5.34. The molecule has 0 spiro atoms. The first-order valence-corrected chi connectivity index (χ1v) is 8.65. The Balaban J connectivity index is 1.86. The zero-order chi connectivity index (χ0) is 15.4. The number of hydrogen-bond acceptors (Lipinski definition) is 4. The van der Waals surface area contributed by atoms with Gasteiger partial charge in [-0.25, -0.2) is 4.98 Å². The number of amides is 1. The van der Waals surface area contributed by atoms with Gasteiger partial charge in [-0.15, -0.1) is 11.3 Å². The normalized spacial score (nSPS) is 18.4. The summed E-state index contributed by atoms with van der Waals surface area (Å²) >= 11 is 1.54. The summed E-state index contributed by atoms with van der Waals surface area (Å²) in [6.07, 6.45) is 4.81. The minimum atomic E-state index is 0.101. The molecule has 1 saturated heterocycles. The Hall–Kier alpha value is -0.940. The number of nitrogens with zero attached hydrogens (tertiary/aromatic N) is 2. The molecule has 0 radical (unpaired) electrons. The molecule has 21 heavy (non-hydrogen) atoms. The molecular weight excluding hydrogens is 284 g/mol. The van der Waals surface area contributed by atoms with Gasteiger partial charge in [0, 0.05) is 26.1 Å². The molecule has 4 nitrogen and oxygen atoms in total. The van der Waals surface area contributed by atoms with Gasteiger partial charge in [0.1, 0.15) is 4.88 Å². The highest BCUT2D eigenvalue weighted by molar-refractivity contribution is 7.13. The van der Waals surface area contributed by atoms with Gasteiger partial charge < -0.3 is 9.64 Å². The van der Waals surface area contributed by atoms with Crippen LogP contribution in [0.5, 0.6) is 0 Å². The van der Waals surface area contributed by atoms with Crippen LogP contribution >= 0.6 is 11.3 Å². The van der Waals surface area contributed by atoms with Crippen LogP contribution in [-0.2, 0) is 4.74 Å². The Labute approximate surface area is 131 Å². The fourth-order valence-electron chi connectivity index (χ4n) is 2.57. The van der Waals surface area contributed by atoms with E-state index in [1.165, 1.54) is 24.2 Å². The third-order valence-electron chi connectivity index (χ3n) is 3.89. The van der Waals surface area contributed by atoms with Crippen LogP contribution in [0.2, 0.25) is 0 Å². The van der Waals surface area contributed by atoms with E-state index in [1.54, 1.807) is 0 Å². The molecular formula is C16H26N2O2S. The Morgan fingerprint density at radius 1 is 1.52 bits per heavy atom. The first-order valence-electron chi connectivity index (χ1n) is 7.83. The highest BCUT2D eigenvalue weighted by Crippen LogP contribution is 2.25. The summed E-state index contributed by atoms with van der Waals surface area (Å²) in [5.74, 6) is 0.476. The molecule has 2 rings (SSSR count). The van der Waals surface area contributed by atoms with Crippen molar-refractivity contribution in [2.45, 2.75) is 58.5 Å². The number of carbonyl (C=O) groups is 1. The van der Waals surface area contributed by atoms with Crippen molar-refractivity contribution in [3.63, 3.8) is 0 Å². The SMILES string of the molecule is Cc1nc(C(C)C)sc1C(=O)N(C)CCCC1CCCO1. The van der Waals surface area contributed by atoms with Crippen molar-refractivity contribution in [3.05, 3.63) is 15.6 Å². The van der Waals surface area contributed by atoms with Gasteiger partial charge in [0.2, 0.25) is 0 Å². The highest BCUT2D eigenvalue weighted by atomic mass is 32.1. The molecule has 1 unspecified atom stereocenters. The molecule has 0 bridgehead atoms. The minimum Gasteiger partial charge on any atom is -0.378 e. The second-order valence-corrected chi connectivity index (χ2v) is 7.16. The Kier molecular flexibility index (Phi) is 5.76. The maximum absolute atomic E-state index is 12.5. The van der Waals surface area contributed by atoms with Crippen molar-refractivity contribution in [2.75, 3.05) is 20.2 Å². The topological polar surface area (TPSA) is 42.4 Å². The predicted octanol–water partition coefficient (Wildman–Crippen LogP) is 3.61. The smallest absolute Gasteiger partial charge is 0.265 e. The lowest BCUT2D eigenvalue weighted by Gasteiger charge is -2.17. The van der Waals surface area contributed by atoms with E-state index < -0.39 is 0 Å². The molecule has 118 valence electrons. The van der Waals surface area contributed by atoms with Crippen LogP contribution in [0.4, 0.5) is 0 Å². The number of thiazole rings is 1. The van der Waals surface area contributed by atoms with E-state index in [-0.39, 0.29) is 5.91 Å². The zero-order valence-corrected chi connectivity index (χ0v) is 14.3. The highest BCUT2D eigenvalue weighted by Gasteiger charge is 2.21. The Morgan fingerprint density at radius 2 is 2.29 bits per heavy atom. The summed E-state index contributed by atoms with van der Waals surface area (Å²) in [5.41, 5.74) is 0.861. The van der Waals surface area contributed by atoms with Crippen LogP contribution < -0.4 is 0 Å². The molecule has 5 heteroatoms. The largest absolute Gasteiger partial charge is 0.378 e. The predicted molar refractivity (Wildman–Crippen MR) is 86.1 cm³/mol. The van der Waals surface area contributed by atoms with Gasteiger partial charge in [-0.05, 0) is 32.6 Å². The number of aryl methyl sites for hydroxylation is 1. The summed E-state index contributed by atoms with van der Waals surface area (Å²) in [7, 11) is 1.88. The summed E-state index contributed by atoms with van der Waals surface area (Å²) in [5, 5.41) is 1.05. The number of aromatic nitrogens is 1. The van der Waals surface area contributed by atoms with Gasteiger partial charge in [0.25, 0.3) is 5.91 Å². The standard InChI is InChI=1S/C16H26N2O2S/c1-11(2)15-17-12(3)14(21-15)16(19)18(4)9-5-7-13-8-6-10-20-13/h11,13H,5-10H2,1-4H3. The number of carbonyl (C=O) groups excluding carboxylic acids is 1. The van der Waals surface area contributed by atoms with Gasteiger partial charge in [-0.2, -0.15) is 0 Å². The van der Waals surface area contributed by atoms with E-state index in [2.05, 4.69) is 18.8 Å². The molecule has 1 fully saturated rings. The fraction of sp³-hybridized carbons (Fsp3) is 0.750. The van der Waals surface area contributed by atoms with E-state index in [0.717, 1.165) is 41.6 Å². The first-order chi connectivity index (χ1) is 9.99. The summed E-state index contributed by atoms with van der Waals surface area (Å²) in [4.78, 5) is 19.6. The number of rotatable bonds is 6. The second-order valence-electron chi connectivity index (χ2n) is 6.13. The Bertz CT molecular complexity index is 479. The van der Waals surface area contributed by atoms with Crippen molar-refractivity contribution in [1.29, 1.82) is 0 Å². The van der Waals surface area contributed by atoms with Crippen molar-refractivity contribution in [3.8, 4) is 0 Å². The van der Waals surface area contributed by atoms with Gasteiger partial charge >= 0.3 is 0 Å². The van der Waals surface area contributed by atoms with Crippen molar-refractivity contribution >= 4 is 17.2 Å². The molecule has 1 aliphatic rings. The zero-order valence-electron chi connectivity index (χ0n) is 13.5. The van der Waals surface area contributed by atoms with Gasteiger partial charge in [-0.1, -0.05) is 13.8 Å². The lowest BCUT2D eigenvalue weighted by atomic mass is 10.1.